The van der Waals surface area contributed by atoms with E-state index in [2.05, 4.69) is 21.2 Å². The topological polar surface area (TPSA) is 92.5 Å². The number of hydrogen-bond donors (Lipinski definition) is 2. The highest BCUT2D eigenvalue weighted by atomic mass is 79.9. The summed E-state index contributed by atoms with van der Waals surface area (Å²) >= 11 is 3.33. The number of quaternary nitrogens is 1. The number of halogens is 1. The average Bonchev–Trinajstić information content (AvgIpc) is 2.49. The minimum atomic E-state index is -0.809. The third-order valence-corrected chi connectivity index (χ3v) is 6.06. The Morgan fingerprint density at radius 2 is 1.92 bits per heavy atom. The number of piperidine rings is 1. The van der Waals surface area contributed by atoms with Gasteiger partial charge < -0.3 is 10.4 Å². The lowest BCUT2D eigenvalue weighted by atomic mass is 9.93. The van der Waals surface area contributed by atoms with Crippen molar-refractivity contribution >= 4 is 33.4 Å². The second-order valence-electron chi connectivity index (χ2n) is 7.66. The molecule has 1 fully saturated rings. The van der Waals surface area contributed by atoms with Crippen LogP contribution in [0.4, 0.5) is 16.2 Å². The fourth-order valence-electron chi connectivity index (χ4n) is 3.46. The van der Waals surface area contributed by atoms with Crippen molar-refractivity contribution in [3.63, 3.8) is 0 Å². The molecule has 2 rings (SSSR count). The second-order valence-corrected chi connectivity index (χ2v) is 8.52. The van der Waals surface area contributed by atoms with Gasteiger partial charge in [-0.2, -0.15) is 4.79 Å². The van der Waals surface area contributed by atoms with Gasteiger partial charge in [0.25, 0.3) is 5.69 Å². The molecule has 0 unspecified atom stereocenters. The summed E-state index contributed by atoms with van der Waals surface area (Å²) in [6.45, 7) is 8.71. The van der Waals surface area contributed by atoms with Gasteiger partial charge >= 0.3 is 6.09 Å². The number of likely N-dealkylation sites (tertiary alicyclic amines) is 1. The molecule has 0 bridgehead atoms. The van der Waals surface area contributed by atoms with Crippen molar-refractivity contribution in [3.8, 4) is 0 Å². The Bertz CT molecular complexity index is 692. The number of rotatable bonds is 3. The Kier molecular flexibility index (Phi) is 5.44. The number of nitro groups is 1. The minimum absolute atomic E-state index is 0.0205. The molecule has 0 spiro atoms. The summed E-state index contributed by atoms with van der Waals surface area (Å²) in [5.41, 5.74) is 1.03. The van der Waals surface area contributed by atoms with E-state index in [-0.39, 0.29) is 16.2 Å². The highest BCUT2D eigenvalue weighted by molar-refractivity contribution is 9.10. The summed E-state index contributed by atoms with van der Waals surface area (Å²) in [7, 11) is 0. The molecule has 1 amide bonds. The smallest absolute Gasteiger partial charge is 0.435 e. The van der Waals surface area contributed by atoms with Gasteiger partial charge in [-0.05, 0) is 39.3 Å². The molecule has 1 aliphatic rings. The standard InChI is InChI=1S/C17H24BrN3O4/c1-11-9-14(15(20(24)25)10-13(11)18)19-12-5-7-21(8-6-12,16(22)23)17(2,3)4/h9-10,12,19H,5-8H2,1-4H3/p+1. The van der Waals surface area contributed by atoms with Gasteiger partial charge in [-0.15, -0.1) is 0 Å². The molecule has 1 aromatic carbocycles. The summed E-state index contributed by atoms with van der Waals surface area (Å²) in [5.74, 6) is 0. The lowest BCUT2D eigenvalue weighted by Gasteiger charge is -2.47. The van der Waals surface area contributed by atoms with Crippen molar-refractivity contribution in [2.75, 3.05) is 18.4 Å². The minimum Gasteiger partial charge on any atom is -0.435 e. The first-order valence-corrected chi connectivity index (χ1v) is 9.09. The molecule has 0 radical (unpaired) electrons. The van der Waals surface area contributed by atoms with E-state index in [9.17, 15) is 20.0 Å². The Morgan fingerprint density at radius 3 is 2.36 bits per heavy atom. The quantitative estimate of drug-likeness (QED) is 0.430. The highest BCUT2D eigenvalue weighted by Gasteiger charge is 2.50. The van der Waals surface area contributed by atoms with E-state index in [0.717, 1.165) is 5.56 Å². The summed E-state index contributed by atoms with van der Waals surface area (Å²) < 4.78 is 0.717. The Balaban J connectivity index is 2.19. The molecule has 1 aliphatic heterocycles. The van der Waals surface area contributed by atoms with Crippen molar-refractivity contribution in [2.24, 2.45) is 0 Å². The summed E-state index contributed by atoms with van der Waals surface area (Å²) in [4.78, 5) is 22.8. The Labute approximate surface area is 155 Å². The van der Waals surface area contributed by atoms with E-state index in [1.54, 1.807) is 6.07 Å². The largest absolute Gasteiger partial charge is 0.513 e. The van der Waals surface area contributed by atoms with Gasteiger partial charge in [0.1, 0.15) is 11.2 Å². The molecule has 0 atom stereocenters. The molecule has 0 aliphatic carbocycles. The number of aryl methyl sites for hydroxylation is 1. The SMILES string of the molecule is Cc1cc(NC2CC[N+](C(=O)O)(C(C)(C)C)CC2)c([N+](=O)[O-])cc1Br. The van der Waals surface area contributed by atoms with Crippen LogP contribution in [0.1, 0.15) is 39.2 Å². The van der Waals surface area contributed by atoms with E-state index in [0.29, 0.717) is 36.1 Å². The number of hydrogen-bond acceptors (Lipinski definition) is 4. The Morgan fingerprint density at radius 1 is 1.36 bits per heavy atom. The summed E-state index contributed by atoms with van der Waals surface area (Å²) in [5, 5.41) is 24.3. The normalized spacial score (nSPS) is 24.0. The molecule has 0 saturated carbocycles. The zero-order chi connectivity index (χ0) is 19.0. The van der Waals surface area contributed by atoms with E-state index in [1.807, 2.05) is 27.7 Å². The maximum Gasteiger partial charge on any atom is 0.513 e. The molecule has 2 N–H and O–H groups in total. The molecule has 138 valence electrons. The van der Waals surface area contributed by atoms with Crippen LogP contribution in [0.5, 0.6) is 0 Å². The molecule has 8 heteroatoms. The van der Waals surface area contributed by atoms with Gasteiger partial charge in [0.2, 0.25) is 0 Å². The monoisotopic (exact) mass is 414 g/mol. The van der Waals surface area contributed by atoms with Crippen LogP contribution in [0.3, 0.4) is 0 Å². The lowest BCUT2D eigenvalue weighted by Crippen LogP contribution is -2.66. The zero-order valence-corrected chi connectivity index (χ0v) is 16.6. The van der Waals surface area contributed by atoms with E-state index < -0.39 is 16.6 Å². The number of anilines is 1. The predicted molar refractivity (Wildman–Crippen MR) is 100.0 cm³/mol. The molecule has 1 heterocycles. The van der Waals surface area contributed by atoms with Crippen LogP contribution in [-0.4, -0.2) is 45.3 Å². The van der Waals surface area contributed by atoms with Gasteiger partial charge in [-0.25, -0.2) is 4.48 Å². The summed E-state index contributed by atoms with van der Waals surface area (Å²) in [6, 6.07) is 3.29. The summed E-state index contributed by atoms with van der Waals surface area (Å²) in [6.07, 6.45) is 0.488. The van der Waals surface area contributed by atoms with Crippen LogP contribution in [0.2, 0.25) is 0 Å². The fourth-order valence-corrected chi connectivity index (χ4v) is 3.79. The third kappa shape index (κ3) is 3.79. The van der Waals surface area contributed by atoms with Crippen LogP contribution in [0.15, 0.2) is 16.6 Å². The van der Waals surface area contributed by atoms with Crippen molar-refractivity contribution in [1.82, 2.24) is 0 Å². The predicted octanol–water partition coefficient (Wildman–Crippen LogP) is 4.53. The number of amides is 1. The Hall–Kier alpha value is -1.67. The molecular formula is C17H25BrN3O4+. The number of nitro benzene ring substituents is 1. The lowest BCUT2D eigenvalue weighted by molar-refractivity contribution is -0.907. The van der Waals surface area contributed by atoms with Crippen molar-refractivity contribution in [2.45, 2.75) is 52.1 Å². The van der Waals surface area contributed by atoms with E-state index >= 15 is 0 Å². The van der Waals surface area contributed by atoms with Gasteiger partial charge in [0.05, 0.1) is 18.0 Å². The van der Waals surface area contributed by atoms with Crippen LogP contribution >= 0.6 is 15.9 Å². The molecule has 1 aromatic rings. The van der Waals surface area contributed by atoms with Crippen LogP contribution in [0, 0.1) is 17.0 Å². The van der Waals surface area contributed by atoms with Gasteiger partial charge in [0, 0.05) is 29.4 Å². The molecular weight excluding hydrogens is 390 g/mol. The van der Waals surface area contributed by atoms with Crippen molar-refractivity contribution < 1.29 is 19.3 Å². The number of benzene rings is 1. The van der Waals surface area contributed by atoms with Crippen molar-refractivity contribution in [1.29, 1.82) is 0 Å². The van der Waals surface area contributed by atoms with Gasteiger partial charge in [-0.1, -0.05) is 15.9 Å². The number of nitrogens with zero attached hydrogens (tertiary/aromatic N) is 2. The van der Waals surface area contributed by atoms with Crippen molar-refractivity contribution in [3.05, 3.63) is 32.3 Å². The average molecular weight is 415 g/mol. The van der Waals surface area contributed by atoms with E-state index in [4.69, 9.17) is 0 Å². The first kappa shape index (κ1) is 19.7. The molecule has 1 saturated heterocycles. The number of nitrogens with one attached hydrogen (secondary N) is 1. The maximum atomic E-state index is 11.9. The molecule has 0 aromatic heterocycles. The number of carbonyl (C=O) groups is 1. The fraction of sp³-hybridized carbons (Fsp3) is 0.588. The maximum absolute atomic E-state index is 11.9. The number of carboxylic acid groups (broad SMARTS) is 1. The van der Waals surface area contributed by atoms with Gasteiger partial charge in [-0.3, -0.25) is 10.1 Å². The molecule has 25 heavy (non-hydrogen) atoms. The van der Waals surface area contributed by atoms with E-state index in [1.165, 1.54) is 6.07 Å². The van der Waals surface area contributed by atoms with Crippen LogP contribution in [-0.2, 0) is 0 Å². The van der Waals surface area contributed by atoms with Crippen LogP contribution in [0.25, 0.3) is 0 Å². The van der Waals surface area contributed by atoms with Gasteiger partial charge in [0.15, 0.2) is 0 Å². The highest BCUT2D eigenvalue weighted by Crippen LogP contribution is 2.35. The second kappa shape index (κ2) is 6.92. The van der Waals surface area contributed by atoms with Crippen LogP contribution < -0.4 is 5.32 Å². The molecule has 7 nitrogen and oxygen atoms in total. The first-order chi connectivity index (χ1) is 11.5. The third-order valence-electron chi connectivity index (χ3n) is 5.20. The first-order valence-electron chi connectivity index (χ1n) is 8.30. The zero-order valence-electron chi connectivity index (χ0n) is 15.0.